The molecule has 2 heterocycles. The Labute approximate surface area is 162 Å². The lowest BCUT2D eigenvalue weighted by Crippen LogP contribution is -2.10. The molecule has 0 aromatic heterocycles. The molecule has 3 nitrogen and oxygen atoms in total. The Morgan fingerprint density at radius 3 is 2.85 bits per heavy atom. The van der Waals surface area contributed by atoms with Crippen molar-refractivity contribution in [3.63, 3.8) is 0 Å². The van der Waals surface area contributed by atoms with Gasteiger partial charge in [0.05, 0.1) is 12.3 Å². The van der Waals surface area contributed by atoms with E-state index in [0.717, 1.165) is 24.7 Å². The van der Waals surface area contributed by atoms with E-state index < -0.39 is 0 Å². The first-order chi connectivity index (χ1) is 12.7. The number of hydrogen-bond donors (Lipinski definition) is 0. The minimum Gasteiger partial charge on any atom is -0.381 e. The molecule has 0 amide bonds. The lowest BCUT2D eigenvalue weighted by Gasteiger charge is -2.24. The molecule has 0 N–H and O–H groups in total. The van der Waals surface area contributed by atoms with Gasteiger partial charge in [-0.25, -0.2) is 0 Å². The first-order valence-corrected chi connectivity index (χ1v) is 10.6. The molecule has 0 spiro atoms. The molecule has 2 aromatic rings. The number of fused-ring (bicyclic) bond motifs is 2. The average molecular weight is 387 g/mol. The van der Waals surface area contributed by atoms with Gasteiger partial charge in [0.1, 0.15) is 6.04 Å². The van der Waals surface area contributed by atoms with Crippen molar-refractivity contribution in [1.82, 2.24) is 0 Å². The number of hydrogen-bond acceptors (Lipinski definition) is 3. The van der Waals surface area contributed by atoms with Crippen molar-refractivity contribution in [3.05, 3.63) is 58.6 Å². The van der Waals surface area contributed by atoms with Crippen LogP contribution in [0.4, 0.5) is 5.69 Å². The summed E-state index contributed by atoms with van der Waals surface area (Å²) < 4.78 is 7.85. The van der Waals surface area contributed by atoms with Crippen molar-refractivity contribution in [2.75, 3.05) is 24.6 Å². The van der Waals surface area contributed by atoms with Crippen molar-refractivity contribution in [1.29, 1.82) is 0 Å². The topological polar surface area (TPSA) is 24.8 Å². The number of aliphatic imine (C=N–C) groups is 1. The Balaban J connectivity index is 1.90. The predicted molar refractivity (Wildman–Crippen MR) is 113 cm³/mol. The SMILES string of the molecule is C/C=S1/c2cc(Cl)ccc2C(N=CC2CCOC2)c2ccccc2N1C. The number of benzene rings is 2. The third-order valence-corrected chi connectivity index (χ3v) is 7.27. The average Bonchev–Trinajstić information content (AvgIpc) is 3.14. The van der Waals surface area contributed by atoms with Gasteiger partial charge in [0.2, 0.25) is 0 Å². The van der Waals surface area contributed by atoms with Crippen molar-refractivity contribution in [2.45, 2.75) is 24.3 Å². The quantitative estimate of drug-likeness (QED) is 0.513. The number of halogens is 1. The second-order valence-electron chi connectivity index (χ2n) is 6.61. The molecule has 2 aromatic carbocycles. The predicted octanol–water partition coefficient (Wildman–Crippen LogP) is 5.35. The Kier molecular flexibility index (Phi) is 5.16. The van der Waals surface area contributed by atoms with Gasteiger partial charge in [0, 0.05) is 41.3 Å². The highest BCUT2D eigenvalue weighted by Crippen LogP contribution is 2.48. The molecular weight excluding hydrogens is 364 g/mol. The highest BCUT2D eigenvalue weighted by molar-refractivity contribution is 8.16. The van der Waals surface area contributed by atoms with E-state index in [1.807, 2.05) is 6.07 Å². The standard InChI is InChI=1S/C21H23ClN2OS/c1-3-26-20-12-16(22)8-9-18(20)21(23-13-15-10-11-25-14-15)17-6-4-5-7-19(17)24(26)2/h3-9,12-13,15,21H,10-11,14H2,1-2H3. The van der Waals surface area contributed by atoms with E-state index in [9.17, 15) is 0 Å². The summed E-state index contributed by atoms with van der Waals surface area (Å²) in [7, 11) is 2.00. The second kappa shape index (κ2) is 7.55. The normalized spacial score (nSPS) is 25.3. The molecule has 2 aliphatic rings. The summed E-state index contributed by atoms with van der Waals surface area (Å²) in [5.41, 5.74) is 3.71. The summed E-state index contributed by atoms with van der Waals surface area (Å²) in [5, 5.41) is 3.03. The van der Waals surface area contributed by atoms with Crippen LogP contribution < -0.4 is 4.31 Å². The van der Waals surface area contributed by atoms with E-state index in [2.05, 4.69) is 66.3 Å². The minimum absolute atomic E-state index is 0.0148. The summed E-state index contributed by atoms with van der Waals surface area (Å²) >= 11 is 6.36. The first-order valence-electron chi connectivity index (χ1n) is 8.95. The molecule has 3 unspecified atom stereocenters. The van der Waals surface area contributed by atoms with Crippen LogP contribution in [0.2, 0.25) is 5.02 Å². The second-order valence-corrected chi connectivity index (χ2v) is 9.14. The van der Waals surface area contributed by atoms with Crippen LogP contribution in [0.5, 0.6) is 0 Å². The molecule has 0 saturated carbocycles. The molecule has 1 fully saturated rings. The van der Waals surface area contributed by atoms with Crippen molar-refractivity contribution < 1.29 is 4.74 Å². The molecule has 136 valence electrons. The minimum atomic E-state index is -0.161. The molecule has 1 saturated heterocycles. The number of anilines is 1. The van der Waals surface area contributed by atoms with Gasteiger partial charge in [-0.05, 0) is 42.5 Å². The largest absolute Gasteiger partial charge is 0.381 e. The smallest absolute Gasteiger partial charge is 0.103 e. The van der Waals surface area contributed by atoms with Crippen LogP contribution in [-0.2, 0) is 4.74 Å². The van der Waals surface area contributed by atoms with E-state index in [4.69, 9.17) is 21.3 Å². The molecule has 4 rings (SSSR count). The zero-order valence-corrected chi connectivity index (χ0v) is 16.6. The maximum absolute atomic E-state index is 6.36. The van der Waals surface area contributed by atoms with Gasteiger partial charge in [0.15, 0.2) is 0 Å². The fourth-order valence-corrected chi connectivity index (χ4v) is 5.81. The zero-order valence-electron chi connectivity index (χ0n) is 15.1. The van der Waals surface area contributed by atoms with Crippen molar-refractivity contribution >= 4 is 39.5 Å². The molecule has 26 heavy (non-hydrogen) atoms. The highest BCUT2D eigenvalue weighted by Gasteiger charge is 2.28. The zero-order chi connectivity index (χ0) is 18.1. The van der Waals surface area contributed by atoms with E-state index >= 15 is 0 Å². The lowest BCUT2D eigenvalue weighted by atomic mass is 9.97. The monoisotopic (exact) mass is 386 g/mol. The van der Waals surface area contributed by atoms with E-state index in [1.54, 1.807) is 0 Å². The van der Waals surface area contributed by atoms with Crippen LogP contribution in [0.1, 0.15) is 30.5 Å². The van der Waals surface area contributed by atoms with Crippen LogP contribution in [0.15, 0.2) is 52.4 Å². The third-order valence-electron chi connectivity index (χ3n) is 5.00. The van der Waals surface area contributed by atoms with E-state index in [-0.39, 0.29) is 16.7 Å². The van der Waals surface area contributed by atoms with Crippen LogP contribution in [0.25, 0.3) is 0 Å². The fourth-order valence-electron chi connectivity index (χ4n) is 3.67. The lowest BCUT2D eigenvalue weighted by molar-refractivity contribution is 0.193. The van der Waals surface area contributed by atoms with E-state index in [0.29, 0.717) is 5.92 Å². The van der Waals surface area contributed by atoms with Crippen molar-refractivity contribution in [3.8, 4) is 0 Å². The Morgan fingerprint density at radius 2 is 2.08 bits per heavy atom. The van der Waals surface area contributed by atoms with Crippen LogP contribution >= 0.6 is 22.3 Å². The number of nitrogens with zero attached hydrogens (tertiary/aromatic N) is 2. The van der Waals surface area contributed by atoms with E-state index in [1.165, 1.54) is 21.7 Å². The first kappa shape index (κ1) is 17.8. The molecule has 0 radical (unpaired) electrons. The Bertz CT molecular complexity index is 874. The molecule has 0 bridgehead atoms. The molecule has 5 heteroatoms. The van der Waals surface area contributed by atoms with Crippen LogP contribution in [0, 0.1) is 5.92 Å². The summed E-state index contributed by atoms with van der Waals surface area (Å²) in [6.07, 6.45) is 3.16. The highest BCUT2D eigenvalue weighted by atomic mass is 35.5. The van der Waals surface area contributed by atoms with Gasteiger partial charge >= 0.3 is 0 Å². The van der Waals surface area contributed by atoms with Gasteiger partial charge in [-0.2, -0.15) is 0 Å². The Morgan fingerprint density at radius 1 is 1.23 bits per heavy atom. The molecule has 3 atom stereocenters. The van der Waals surface area contributed by atoms with Crippen LogP contribution in [0.3, 0.4) is 0 Å². The van der Waals surface area contributed by atoms with Gasteiger partial charge in [-0.1, -0.05) is 46.5 Å². The van der Waals surface area contributed by atoms with Crippen molar-refractivity contribution in [2.24, 2.45) is 10.9 Å². The summed E-state index contributed by atoms with van der Waals surface area (Å²) in [4.78, 5) is 6.31. The molecule has 0 aliphatic carbocycles. The fraction of sp³-hybridized carbons (Fsp3) is 0.333. The number of ether oxygens (including phenoxy) is 1. The number of rotatable bonds is 2. The molecule has 2 aliphatic heterocycles. The summed E-state index contributed by atoms with van der Waals surface area (Å²) in [5.74, 6) is 0.412. The van der Waals surface area contributed by atoms with Gasteiger partial charge < -0.3 is 9.04 Å². The maximum atomic E-state index is 6.36. The van der Waals surface area contributed by atoms with Crippen LogP contribution in [-0.4, -0.2) is 31.8 Å². The van der Waals surface area contributed by atoms with Gasteiger partial charge in [-0.15, -0.1) is 0 Å². The summed E-state index contributed by atoms with van der Waals surface area (Å²) in [6, 6.07) is 14.8. The maximum Gasteiger partial charge on any atom is 0.103 e. The third kappa shape index (κ3) is 3.22. The van der Waals surface area contributed by atoms with Gasteiger partial charge in [-0.3, -0.25) is 4.99 Å². The molecular formula is C21H23ClN2OS. The van der Waals surface area contributed by atoms with Gasteiger partial charge in [0.25, 0.3) is 0 Å². The number of para-hydroxylation sites is 1. The Hall–Kier alpha value is -1.62. The summed E-state index contributed by atoms with van der Waals surface area (Å²) in [6.45, 7) is 3.73.